The number of hydrogen-bond donors (Lipinski definition) is 0. The van der Waals surface area contributed by atoms with Crippen molar-refractivity contribution in [2.24, 2.45) is 0 Å². The van der Waals surface area contributed by atoms with Crippen molar-refractivity contribution in [1.29, 1.82) is 0 Å². The lowest BCUT2D eigenvalue weighted by molar-refractivity contribution is 0.0622. The highest BCUT2D eigenvalue weighted by atomic mass is 79.9. The second-order valence-electron chi connectivity index (χ2n) is 8.41. The molecule has 1 amide bonds. The summed E-state index contributed by atoms with van der Waals surface area (Å²) in [7, 11) is 0. The SMILES string of the molecule is CCc1ccc(-c2cc(C(=O)N3CCN(Cc4ccco4)CC3)c3cc(Br)ccc3n2)cc1. The van der Waals surface area contributed by atoms with E-state index in [1.54, 1.807) is 6.26 Å². The van der Waals surface area contributed by atoms with Gasteiger partial charge in [0.15, 0.2) is 0 Å². The zero-order valence-corrected chi connectivity index (χ0v) is 20.2. The number of aryl methyl sites for hydroxylation is 1. The summed E-state index contributed by atoms with van der Waals surface area (Å²) < 4.78 is 6.41. The Hall–Kier alpha value is -2.96. The fourth-order valence-electron chi connectivity index (χ4n) is 4.34. The normalized spacial score (nSPS) is 14.7. The van der Waals surface area contributed by atoms with Gasteiger partial charge in [0.25, 0.3) is 5.91 Å². The number of carbonyl (C=O) groups is 1. The summed E-state index contributed by atoms with van der Waals surface area (Å²) in [5, 5.41) is 0.876. The molecule has 1 saturated heterocycles. The van der Waals surface area contributed by atoms with Crippen LogP contribution in [0.15, 0.2) is 75.8 Å². The van der Waals surface area contributed by atoms with E-state index in [4.69, 9.17) is 9.40 Å². The summed E-state index contributed by atoms with van der Waals surface area (Å²) in [6.07, 6.45) is 2.70. The van der Waals surface area contributed by atoms with Crippen LogP contribution < -0.4 is 0 Å². The average molecular weight is 504 g/mol. The number of carbonyl (C=O) groups excluding carboxylic acids is 1. The van der Waals surface area contributed by atoms with E-state index in [0.717, 1.165) is 58.4 Å². The smallest absolute Gasteiger partial charge is 0.254 e. The molecule has 4 aromatic rings. The number of amides is 1. The Morgan fingerprint density at radius 1 is 1.03 bits per heavy atom. The van der Waals surface area contributed by atoms with Gasteiger partial charge in [0.05, 0.1) is 29.6 Å². The van der Waals surface area contributed by atoms with Crippen molar-refractivity contribution in [3.63, 3.8) is 0 Å². The summed E-state index contributed by atoms with van der Waals surface area (Å²) in [6, 6.07) is 20.2. The molecule has 0 N–H and O–H groups in total. The molecule has 0 radical (unpaired) electrons. The third-order valence-electron chi connectivity index (χ3n) is 6.28. The molecular formula is C27H26BrN3O2. The van der Waals surface area contributed by atoms with Gasteiger partial charge in [-0.05, 0) is 48.4 Å². The summed E-state index contributed by atoms with van der Waals surface area (Å²) in [4.78, 5) is 22.8. The van der Waals surface area contributed by atoms with Crippen LogP contribution in [0.2, 0.25) is 0 Å². The maximum atomic E-state index is 13.7. The molecule has 0 atom stereocenters. The largest absolute Gasteiger partial charge is 0.468 e. The van der Waals surface area contributed by atoms with E-state index in [1.165, 1.54) is 5.56 Å². The second-order valence-corrected chi connectivity index (χ2v) is 9.33. The van der Waals surface area contributed by atoms with Crippen LogP contribution in [0, 0.1) is 0 Å². The van der Waals surface area contributed by atoms with Gasteiger partial charge in [-0.2, -0.15) is 0 Å². The van der Waals surface area contributed by atoms with Crippen LogP contribution in [0.5, 0.6) is 0 Å². The molecule has 1 fully saturated rings. The van der Waals surface area contributed by atoms with Crippen LogP contribution in [0.3, 0.4) is 0 Å². The van der Waals surface area contributed by atoms with Crippen molar-refractivity contribution in [2.75, 3.05) is 26.2 Å². The van der Waals surface area contributed by atoms with E-state index in [1.807, 2.05) is 41.3 Å². The lowest BCUT2D eigenvalue weighted by Gasteiger charge is -2.34. The predicted octanol–water partition coefficient (Wildman–Crippen LogP) is 5.78. The molecule has 1 aliphatic rings. The Balaban J connectivity index is 1.43. The van der Waals surface area contributed by atoms with Crippen LogP contribution in [0.25, 0.3) is 22.2 Å². The minimum atomic E-state index is 0.0598. The highest BCUT2D eigenvalue weighted by molar-refractivity contribution is 9.10. The quantitative estimate of drug-likeness (QED) is 0.346. The van der Waals surface area contributed by atoms with Crippen molar-refractivity contribution >= 4 is 32.7 Å². The Bertz CT molecular complexity index is 1260. The Morgan fingerprint density at radius 3 is 2.52 bits per heavy atom. The van der Waals surface area contributed by atoms with Crippen LogP contribution in [0.4, 0.5) is 0 Å². The monoisotopic (exact) mass is 503 g/mol. The van der Waals surface area contributed by atoms with Gasteiger partial charge in [-0.15, -0.1) is 0 Å². The number of halogens is 1. The predicted molar refractivity (Wildman–Crippen MR) is 134 cm³/mol. The number of benzene rings is 2. The van der Waals surface area contributed by atoms with Gasteiger partial charge >= 0.3 is 0 Å². The molecule has 0 unspecified atom stereocenters. The fourth-order valence-corrected chi connectivity index (χ4v) is 4.70. The van der Waals surface area contributed by atoms with E-state index in [9.17, 15) is 4.79 Å². The van der Waals surface area contributed by atoms with Crippen LogP contribution in [-0.2, 0) is 13.0 Å². The van der Waals surface area contributed by atoms with Crippen LogP contribution in [0.1, 0.15) is 28.6 Å². The van der Waals surface area contributed by atoms with Crippen molar-refractivity contribution in [3.05, 3.63) is 88.3 Å². The summed E-state index contributed by atoms with van der Waals surface area (Å²) >= 11 is 3.56. The van der Waals surface area contributed by atoms with Gasteiger partial charge < -0.3 is 9.32 Å². The molecule has 2 aromatic heterocycles. The molecule has 5 rings (SSSR count). The zero-order chi connectivity index (χ0) is 22.8. The number of nitrogens with zero attached hydrogens (tertiary/aromatic N) is 3. The molecule has 0 bridgehead atoms. The summed E-state index contributed by atoms with van der Waals surface area (Å²) in [5.74, 6) is 1.02. The Kier molecular flexibility index (Phi) is 6.29. The van der Waals surface area contributed by atoms with Crippen molar-refractivity contribution in [3.8, 4) is 11.3 Å². The number of rotatable bonds is 5. The standard InChI is InChI=1S/C27H26BrN3O2/c1-2-19-5-7-20(8-6-19)26-17-24(23-16-21(28)9-10-25(23)29-26)27(32)31-13-11-30(12-14-31)18-22-4-3-15-33-22/h3-10,15-17H,2,11-14,18H2,1H3. The van der Waals surface area contributed by atoms with Crippen LogP contribution >= 0.6 is 15.9 Å². The molecule has 1 aliphatic heterocycles. The third kappa shape index (κ3) is 4.72. The van der Waals surface area contributed by atoms with E-state index in [0.29, 0.717) is 18.7 Å². The maximum Gasteiger partial charge on any atom is 0.254 e. The summed E-state index contributed by atoms with van der Waals surface area (Å²) in [5.41, 5.74) is 4.67. The van der Waals surface area contributed by atoms with E-state index >= 15 is 0 Å². The molecule has 33 heavy (non-hydrogen) atoms. The molecular weight excluding hydrogens is 478 g/mol. The fraction of sp³-hybridized carbons (Fsp3) is 0.259. The number of pyridine rings is 1. The molecule has 0 spiro atoms. The molecule has 5 nitrogen and oxygen atoms in total. The minimum absolute atomic E-state index is 0.0598. The first kappa shape index (κ1) is 21.9. The highest BCUT2D eigenvalue weighted by Crippen LogP contribution is 2.29. The highest BCUT2D eigenvalue weighted by Gasteiger charge is 2.25. The lowest BCUT2D eigenvalue weighted by atomic mass is 10.0. The first-order valence-electron chi connectivity index (χ1n) is 11.3. The lowest BCUT2D eigenvalue weighted by Crippen LogP contribution is -2.48. The van der Waals surface area contributed by atoms with E-state index < -0.39 is 0 Å². The van der Waals surface area contributed by atoms with E-state index in [-0.39, 0.29) is 5.91 Å². The number of furan rings is 1. The zero-order valence-electron chi connectivity index (χ0n) is 18.6. The van der Waals surface area contributed by atoms with Gasteiger partial charge in [0.2, 0.25) is 0 Å². The molecule has 168 valence electrons. The van der Waals surface area contributed by atoms with E-state index in [2.05, 4.69) is 52.0 Å². The molecule has 3 heterocycles. The number of hydrogen-bond acceptors (Lipinski definition) is 4. The van der Waals surface area contributed by atoms with Gasteiger partial charge in [-0.1, -0.05) is 47.1 Å². The van der Waals surface area contributed by atoms with Crippen molar-refractivity contribution < 1.29 is 9.21 Å². The molecule has 2 aromatic carbocycles. The second kappa shape index (κ2) is 9.49. The first-order chi connectivity index (χ1) is 16.1. The molecule has 6 heteroatoms. The molecule has 0 saturated carbocycles. The topological polar surface area (TPSA) is 49.6 Å². The number of aromatic nitrogens is 1. The Morgan fingerprint density at radius 2 is 1.82 bits per heavy atom. The number of piperazine rings is 1. The van der Waals surface area contributed by atoms with Crippen LogP contribution in [-0.4, -0.2) is 46.9 Å². The van der Waals surface area contributed by atoms with Gasteiger partial charge in [-0.3, -0.25) is 9.69 Å². The van der Waals surface area contributed by atoms with Gasteiger partial charge in [-0.25, -0.2) is 4.98 Å². The third-order valence-corrected chi connectivity index (χ3v) is 6.77. The van der Waals surface area contributed by atoms with Crippen molar-refractivity contribution in [1.82, 2.24) is 14.8 Å². The molecule has 0 aliphatic carbocycles. The van der Waals surface area contributed by atoms with Gasteiger partial charge in [0, 0.05) is 41.6 Å². The average Bonchev–Trinajstić information content (AvgIpc) is 3.36. The maximum absolute atomic E-state index is 13.7. The summed E-state index contributed by atoms with van der Waals surface area (Å²) in [6.45, 7) is 5.95. The van der Waals surface area contributed by atoms with Gasteiger partial charge in [0.1, 0.15) is 5.76 Å². The van der Waals surface area contributed by atoms with Crippen molar-refractivity contribution in [2.45, 2.75) is 19.9 Å². The Labute approximate surface area is 202 Å². The number of fused-ring (bicyclic) bond motifs is 1. The first-order valence-corrected chi connectivity index (χ1v) is 12.1. The minimum Gasteiger partial charge on any atom is -0.468 e.